The third-order valence-electron chi connectivity index (χ3n) is 4.17. The maximum Gasteiger partial charge on any atom is 1.00 e. The van der Waals surface area contributed by atoms with E-state index in [1.807, 2.05) is 0 Å². The Balaban J connectivity index is 0.00000225. The predicted octanol–water partition coefficient (Wildman–Crippen LogP) is -3.80. The van der Waals surface area contributed by atoms with Gasteiger partial charge in [0.05, 0.1) is 0 Å². The Kier molecular flexibility index (Phi) is 11.0. The summed E-state index contributed by atoms with van der Waals surface area (Å²) in [6.07, 6.45) is 2.35. The average molecular weight is 449 g/mol. The molecule has 5 nitrogen and oxygen atoms in total. The van der Waals surface area contributed by atoms with Gasteiger partial charge in [0.1, 0.15) is 11.6 Å². The first-order valence-corrected chi connectivity index (χ1v) is 10.1. The summed E-state index contributed by atoms with van der Waals surface area (Å²) < 4.78 is 37.4. The summed E-state index contributed by atoms with van der Waals surface area (Å²) in [5.74, 6) is -1.15. The van der Waals surface area contributed by atoms with Crippen LogP contribution >= 0.6 is 7.60 Å². The quantitative estimate of drug-likeness (QED) is 0.272. The molecule has 3 rings (SSSR count). The Morgan fingerprint density at radius 3 is 1.53 bits per heavy atom. The maximum atomic E-state index is 13.1. The van der Waals surface area contributed by atoms with E-state index in [-0.39, 0.29) is 89.1 Å². The Bertz CT molecular complexity index is 921. The fraction of sp³-hybridized carbons (Fsp3) is 0.150. The molecule has 0 radical (unpaired) electrons. The molecule has 0 saturated carbocycles. The molecule has 2 aromatic rings. The van der Waals surface area contributed by atoms with E-state index in [0.29, 0.717) is 11.1 Å². The van der Waals surface area contributed by atoms with Gasteiger partial charge in [-0.15, -0.1) is 0 Å². The zero-order valence-corrected chi connectivity index (χ0v) is 21.6. The molecule has 1 aliphatic rings. The van der Waals surface area contributed by atoms with Crippen molar-refractivity contribution in [2.75, 3.05) is 19.4 Å². The first-order valence-electron chi connectivity index (χ1n) is 8.40. The van der Waals surface area contributed by atoms with Gasteiger partial charge in [-0.2, -0.15) is 0 Å². The molecule has 146 valence electrons. The van der Waals surface area contributed by atoms with E-state index in [2.05, 4.69) is 0 Å². The summed E-state index contributed by atoms with van der Waals surface area (Å²) >= 11 is 0. The molecule has 0 bridgehead atoms. The minimum absolute atomic E-state index is 0. The Labute approximate surface area is 217 Å². The molecule has 1 fully saturated rings. The van der Waals surface area contributed by atoms with Crippen molar-refractivity contribution in [3.63, 3.8) is 0 Å². The minimum atomic E-state index is -4.82. The van der Waals surface area contributed by atoms with E-state index in [1.165, 1.54) is 65.6 Å². The number of Topliss-reactive ketones (excluding diaryl/α,β-unsaturated/α-hetero) is 1. The van der Waals surface area contributed by atoms with Gasteiger partial charge >= 0.3 is 59.1 Å². The largest absolute Gasteiger partial charge is 1.00 e. The van der Waals surface area contributed by atoms with Crippen molar-refractivity contribution >= 4 is 25.5 Å². The van der Waals surface area contributed by atoms with Gasteiger partial charge in [0.15, 0.2) is 5.78 Å². The third-order valence-corrected chi connectivity index (χ3v) is 4.91. The monoisotopic (exact) mass is 449 g/mol. The fourth-order valence-electron chi connectivity index (χ4n) is 2.98. The second kappa shape index (κ2) is 12.0. The summed E-state index contributed by atoms with van der Waals surface area (Å²) in [4.78, 5) is 36.6. The average Bonchev–Trinajstić information content (AvgIpc) is 2.61. The van der Waals surface area contributed by atoms with Gasteiger partial charge < -0.3 is 14.4 Å². The van der Waals surface area contributed by atoms with Crippen LogP contribution in [0.5, 0.6) is 0 Å². The van der Waals surface area contributed by atoms with Crippen molar-refractivity contribution in [2.45, 2.75) is 0 Å². The van der Waals surface area contributed by atoms with E-state index in [0.717, 1.165) is 0 Å². The Morgan fingerprint density at radius 2 is 1.20 bits per heavy atom. The van der Waals surface area contributed by atoms with Crippen LogP contribution in [0.4, 0.5) is 8.78 Å². The van der Waals surface area contributed by atoms with Gasteiger partial charge in [-0.05, 0) is 47.5 Å². The zero-order chi connectivity index (χ0) is 20.3. The molecule has 0 aromatic heterocycles. The van der Waals surface area contributed by atoms with Gasteiger partial charge in [0.2, 0.25) is 0 Å². The van der Waals surface area contributed by atoms with Gasteiger partial charge in [0.25, 0.3) is 0 Å². The van der Waals surface area contributed by atoms with E-state index in [4.69, 9.17) is 0 Å². The van der Waals surface area contributed by atoms with Crippen LogP contribution in [-0.2, 0) is 9.36 Å². The van der Waals surface area contributed by atoms with Gasteiger partial charge in [-0.25, -0.2) is 8.78 Å². The third kappa shape index (κ3) is 8.24. The number of rotatable bonds is 4. The van der Waals surface area contributed by atoms with E-state index >= 15 is 0 Å². The predicted molar refractivity (Wildman–Crippen MR) is 97.8 cm³/mol. The van der Waals surface area contributed by atoms with Crippen molar-refractivity contribution < 1.29 is 87.0 Å². The molecular formula is C20H16F2NNa2O4P. The Morgan fingerprint density at radius 1 is 0.833 bits per heavy atom. The molecular weight excluding hydrogens is 433 g/mol. The molecule has 0 amide bonds. The maximum absolute atomic E-state index is 13.1. The number of nitrogens with zero attached hydrogens (tertiary/aromatic N) is 1. The molecule has 0 spiro atoms. The molecule has 1 aliphatic heterocycles. The summed E-state index contributed by atoms with van der Waals surface area (Å²) in [5, 5.41) is 0. The molecule has 1 saturated heterocycles. The van der Waals surface area contributed by atoms with E-state index < -0.39 is 25.5 Å². The van der Waals surface area contributed by atoms with Crippen LogP contribution in [0.15, 0.2) is 59.7 Å². The van der Waals surface area contributed by atoms with E-state index in [9.17, 15) is 27.9 Å². The van der Waals surface area contributed by atoms with Crippen LogP contribution < -0.4 is 68.9 Å². The number of carbonyl (C=O) groups is 1. The van der Waals surface area contributed by atoms with Crippen LogP contribution in [0.2, 0.25) is 0 Å². The van der Waals surface area contributed by atoms with Crippen LogP contribution in [0, 0.1) is 11.6 Å². The van der Waals surface area contributed by atoms with Crippen molar-refractivity contribution in [2.24, 2.45) is 0 Å². The summed E-state index contributed by atoms with van der Waals surface area (Å²) in [6.45, 7) is -0.0448. The summed E-state index contributed by atoms with van der Waals surface area (Å²) in [7, 11) is -4.82. The molecule has 0 atom stereocenters. The fourth-order valence-corrected chi connectivity index (χ4v) is 3.67. The van der Waals surface area contributed by atoms with Gasteiger partial charge in [-0.3, -0.25) is 9.69 Å². The number of piperidine rings is 1. The molecule has 0 N–H and O–H groups in total. The number of ketones is 1. The molecule has 2 aromatic carbocycles. The SMILES string of the molecule is O=C1/C(=C/c2ccc(F)cc2)CN(CP(=O)([O-])[O-])C/C1=C\c1ccc(F)cc1.[Na+].[Na+]. The molecule has 10 heteroatoms. The minimum Gasteiger partial charge on any atom is -0.810 e. The topological polar surface area (TPSA) is 83.5 Å². The molecule has 30 heavy (non-hydrogen) atoms. The summed E-state index contributed by atoms with van der Waals surface area (Å²) in [5.41, 5.74) is 1.69. The normalized spacial score (nSPS) is 17.5. The number of halogens is 2. The van der Waals surface area contributed by atoms with Crippen LogP contribution in [-0.4, -0.2) is 30.1 Å². The smallest absolute Gasteiger partial charge is 0.810 e. The van der Waals surface area contributed by atoms with Crippen molar-refractivity contribution in [3.8, 4) is 0 Å². The number of carbonyl (C=O) groups excluding carboxylic acids is 1. The summed E-state index contributed by atoms with van der Waals surface area (Å²) in [6, 6.07) is 10.9. The van der Waals surface area contributed by atoms with Crippen LogP contribution in [0.3, 0.4) is 0 Å². The van der Waals surface area contributed by atoms with Gasteiger partial charge in [-0.1, -0.05) is 31.9 Å². The number of hydrogen-bond donors (Lipinski definition) is 0. The molecule has 1 heterocycles. The van der Waals surface area contributed by atoms with Crippen LogP contribution in [0.25, 0.3) is 12.2 Å². The molecule has 0 aliphatic carbocycles. The van der Waals surface area contributed by atoms with Crippen molar-refractivity contribution in [1.82, 2.24) is 4.90 Å². The second-order valence-corrected chi connectivity index (χ2v) is 8.02. The van der Waals surface area contributed by atoms with Crippen molar-refractivity contribution in [3.05, 3.63) is 82.4 Å². The number of hydrogen-bond acceptors (Lipinski definition) is 5. The second-order valence-electron chi connectivity index (χ2n) is 6.51. The van der Waals surface area contributed by atoms with Crippen molar-refractivity contribution in [1.29, 1.82) is 0 Å². The number of benzene rings is 2. The first-order chi connectivity index (χ1) is 13.2. The Hall–Kier alpha value is -0.440. The first kappa shape index (κ1) is 27.6. The van der Waals surface area contributed by atoms with Gasteiger partial charge in [0, 0.05) is 30.5 Å². The van der Waals surface area contributed by atoms with E-state index in [1.54, 1.807) is 0 Å². The molecule has 0 unspecified atom stereocenters. The van der Waals surface area contributed by atoms with Crippen LogP contribution in [0.1, 0.15) is 11.1 Å². The standard InChI is InChI=1S/C20H18F2NO4P.2Na/c21-18-5-1-14(2-6-18)9-16-11-23(13-28(25,26)27)12-17(20(16)24)10-15-3-7-19(22)8-4-15;;/h1-10H,11-13H2,(H2,25,26,27);;/q;2*+1/p-2/b16-9+,17-10+;;. The number of likely N-dealkylation sites (tertiary alicyclic amines) is 1. The zero-order valence-electron chi connectivity index (χ0n) is 16.7.